The van der Waals surface area contributed by atoms with Gasteiger partial charge in [-0.15, -0.1) is 12.6 Å². The maximum atomic E-state index is 9.25. The molecule has 0 fully saturated rings. The number of hydrogen-bond acceptors (Lipinski definition) is 3. The minimum Gasteiger partial charge on any atom is -0.504 e. The van der Waals surface area contributed by atoms with E-state index in [1.165, 1.54) is 0 Å². The van der Waals surface area contributed by atoms with Crippen molar-refractivity contribution in [3.63, 3.8) is 0 Å². The molecular weight excluding hydrogens is 160 g/mol. The van der Waals surface area contributed by atoms with Crippen molar-refractivity contribution < 1.29 is 9.84 Å². The van der Waals surface area contributed by atoms with Crippen LogP contribution in [0.1, 0.15) is 6.92 Å². The molecule has 1 aromatic carbocycles. The minimum absolute atomic E-state index is 0.138. The van der Waals surface area contributed by atoms with Crippen LogP contribution >= 0.6 is 12.6 Å². The maximum absolute atomic E-state index is 9.25. The van der Waals surface area contributed by atoms with Crippen molar-refractivity contribution in [1.82, 2.24) is 0 Å². The summed E-state index contributed by atoms with van der Waals surface area (Å²) in [7, 11) is 0. The molecule has 1 aromatic rings. The van der Waals surface area contributed by atoms with E-state index >= 15 is 0 Å². The standard InChI is InChI=1S/C8H10O2S/c1-2-10-8-4-3-6(11)5-7(8)9/h3-5,9,11H,2H2,1H3. The van der Waals surface area contributed by atoms with Crippen molar-refractivity contribution in [3.8, 4) is 11.5 Å². The minimum atomic E-state index is 0.138. The second-order valence-corrected chi connectivity index (χ2v) is 2.60. The van der Waals surface area contributed by atoms with Crippen molar-refractivity contribution in [2.24, 2.45) is 0 Å². The lowest BCUT2D eigenvalue weighted by Gasteiger charge is -2.04. The van der Waals surface area contributed by atoms with Crippen LogP contribution in [0.5, 0.6) is 11.5 Å². The first-order chi connectivity index (χ1) is 5.24. The van der Waals surface area contributed by atoms with E-state index in [9.17, 15) is 5.11 Å². The molecule has 0 spiro atoms. The third-order valence-electron chi connectivity index (χ3n) is 1.24. The molecule has 0 saturated carbocycles. The van der Waals surface area contributed by atoms with E-state index in [-0.39, 0.29) is 5.75 Å². The van der Waals surface area contributed by atoms with E-state index in [2.05, 4.69) is 12.6 Å². The van der Waals surface area contributed by atoms with Gasteiger partial charge >= 0.3 is 0 Å². The van der Waals surface area contributed by atoms with Crippen LogP contribution in [0.4, 0.5) is 0 Å². The number of hydrogen-bond donors (Lipinski definition) is 2. The van der Waals surface area contributed by atoms with Gasteiger partial charge in [0, 0.05) is 4.90 Å². The summed E-state index contributed by atoms with van der Waals surface area (Å²) in [6, 6.07) is 5.02. The lowest BCUT2D eigenvalue weighted by molar-refractivity contribution is 0.317. The summed E-state index contributed by atoms with van der Waals surface area (Å²) in [6.45, 7) is 2.42. The number of rotatable bonds is 2. The fourth-order valence-electron chi connectivity index (χ4n) is 0.783. The third kappa shape index (κ3) is 2.05. The maximum Gasteiger partial charge on any atom is 0.160 e. The number of aromatic hydroxyl groups is 1. The molecule has 0 aliphatic heterocycles. The lowest BCUT2D eigenvalue weighted by Crippen LogP contribution is -1.90. The molecule has 0 bridgehead atoms. The van der Waals surface area contributed by atoms with Gasteiger partial charge in [-0.05, 0) is 25.1 Å². The van der Waals surface area contributed by atoms with Gasteiger partial charge in [0.25, 0.3) is 0 Å². The van der Waals surface area contributed by atoms with Crippen molar-refractivity contribution in [2.75, 3.05) is 6.61 Å². The van der Waals surface area contributed by atoms with Gasteiger partial charge in [0.15, 0.2) is 11.5 Å². The summed E-state index contributed by atoms with van der Waals surface area (Å²) >= 11 is 4.05. The van der Waals surface area contributed by atoms with Gasteiger partial charge in [-0.2, -0.15) is 0 Å². The highest BCUT2D eigenvalue weighted by Gasteiger charge is 1.99. The van der Waals surface area contributed by atoms with Crippen LogP contribution in [0.15, 0.2) is 23.1 Å². The Morgan fingerprint density at radius 2 is 2.27 bits per heavy atom. The Morgan fingerprint density at radius 3 is 2.82 bits per heavy atom. The molecule has 2 nitrogen and oxygen atoms in total. The fourth-order valence-corrected chi connectivity index (χ4v) is 0.980. The van der Waals surface area contributed by atoms with Crippen LogP contribution in [0, 0.1) is 0 Å². The number of phenols is 1. The van der Waals surface area contributed by atoms with Crippen LogP contribution in [0.2, 0.25) is 0 Å². The Morgan fingerprint density at radius 1 is 1.55 bits per heavy atom. The van der Waals surface area contributed by atoms with Gasteiger partial charge in [0.1, 0.15) is 0 Å². The second kappa shape index (κ2) is 3.53. The van der Waals surface area contributed by atoms with Gasteiger partial charge in [0.05, 0.1) is 6.61 Å². The lowest BCUT2D eigenvalue weighted by atomic mass is 10.3. The number of benzene rings is 1. The summed E-state index contributed by atoms with van der Waals surface area (Å²) in [6.07, 6.45) is 0. The zero-order valence-electron chi connectivity index (χ0n) is 6.24. The summed E-state index contributed by atoms with van der Waals surface area (Å²) in [4.78, 5) is 0.728. The molecule has 1 rings (SSSR count). The average Bonchev–Trinajstić information content (AvgIpc) is 1.95. The first-order valence-corrected chi connectivity index (χ1v) is 3.83. The van der Waals surface area contributed by atoms with Crippen molar-refractivity contribution in [3.05, 3.63) is 18.2 Å². The molecule has 0 radical (unpaired) electrons. The van der Waals surface area contributed by atoms with Gasteiger partial charge in [-0.3, -0.25) is 0 Å². The second-order valence-electron chi connectivity index (χ2n) is 2.09. The molecule has 0 unspecified atom stereocenters. The van der Waals surface area contributed by atoms with Gasteiger partial charge in [0.2, 0.25) is 0 Å². The molecule has 1 N–H and O–H groups in total. The molecule has 0 amide bonds. The smallest absolute Gasteiger partial charge is 0.160 e. The molecule has 60 valence electrons. The predicted molar refractivity (Wildman–Crippen MR) is 46.5 cm³/mol. The molecule has 0 saturated heterocycles. The summed E-state index contributed by atoms with van der Waals surface area (Å²) in [5.41, 5.74) is 0. The van der Waals surface area contributed by atoms with Gasteiger partial charge < -0.3 is 9.84 Å². The van der Waals surface area contributed by atoms with Gasteiger partial charge in [-0.1, -0.05) is 0 Å². The van der Waals surface area contributed by atoms with Crippen LogP contribution < -0.4 is 4.74 Å². The zero-order valence-corrected chi connectivity index (χ0v) is 7.14. The third-order valence-corrected chi connectivity index (χ3v) is 1.52. The molecule has 0 aromatic heterocycles. The fraction of sp³-hybridized carbons (Fsp3) is 0.250. The first-order valence-electron chi connectivity index (χ1n) is 3.39. The Hall–Kier alpha value is -0.830. The zero-order chi connectivity index (χ0) is 8.27. The Bertz CT molecular complexity index is 248. The number of ether oxygens (including phenoxy) is 1. The van der Waals surface area contributed by atoms with Crippen LogP contribution in [0.25, 0.3) is 0 Å². The highest BCUT2D eigenvalue weighted by molar-refractivity contribution is 7.80. The number of thiol groups is 1. The summed E-state index contributed by atoms with van der Waals surface area (Å²) < 4.78 is 5.11. The largest absolute Gasteiger partial charge is 0.504 e. The van der Waals surface area contributed by atoms with E-state index in [0.29, 0.717) is 12.4 Å². The average molecular weight is 170 g/mol. The number of phenolic OH excluding ortho intramolecular Hbond substituents is 1. The normalized spacial score (nSPS) is 9.64. The van der Waals surface area contributed by atoms with Crippen LogP contribution in [-0.2, 0) is 0 Å². The van der Waals surface area contributed by atoms with Gasteiger partial charge in [-0.25, -0.2) is 0 Å². The van der Waals surface area contributed by atoms with Crippen molar-refractivity contribution in [1.29, 1.82) is 0 Å². The predicted octanol–water partition coefficient (Wildman–Crippen LogP) is 2.08. The quantitative estimate of drug-likeness (QED) is 0.665. The monoisotopic (exact) mass is 170 g/mol. The highest BCUT2D eigenvalue weighted by Crippen LogP contribution is 2.27. The highest BCUT2D eigenvalue weighted by atomic mass is 32.1. The Kier molecular flexibility index (Phi) is 2.65. The molecule has 0 heterocycles. The van der Waals surface area contributed by atoms with E-state index < -0.39 is 0 Å². The first kappa shape index (κ1) is 8.27. The Labute approximate surface area is 71.2 Å². The molecule has 11 heavy (non-hydrogen) atoms. The van der Waals surface area contributed by atoms with E-state index in [1.807, 2.05) is 6.92 Å². The Balaban J connectivity index is 2.90. The van der Waals surface area contributed by atoms with Crippen LogP contribution in [0.3, 0.4) is 0 Å². The van der Waals surface area contributed by atoms with Crippen molar-refractivity contribution in [2.45, 2.75) is 11.8 Å². The molecule has 0 aliphatic carbocycles. The molecule has 0 atom stereocenters. The topological polar surface area (TPSA) is 29.5 Å². The van der Waals surface area contributed by atoms with E-state index in [4.69, 9.17) is 4.74 Å². The van der Waals surface area contributed by atoms with E-state index in [0.717, 1.165) is 4.90 Å². The SMILES string of the molecule is CCOc1ccc(S)cc1O. The van der Waals surface area contributed by atoms with E-state index in [1.54, 1.807) is 18.2 Å². The summed E-state index contributed by atoms with van der Waals surface area (Å²) in [5.74, 6) is 0.643. The van der Waals surface area contributed by atoms with Crippen LogP contribution in [-0.4, -0.2) is 11.7 Å². The van der Waals surface area contributed by atoms with Crippen molar-refractivity contribution >= 4 is 12.6 Å². The summed E-state index contributed by atoms with van der Waals surface area (Å²) in [5, 5.41) is 9.25. The molecular formula is C8H10O2S. The molecule has 0 aliphatic rings. The molecule has 3 heteroatoms.